The summed E-state index contributed by atoms with van der Waals surface area (Å²) in [4.78, 5) is 14.9. The molecule has 0 saturated heterocycles. The van der Waals surface area contributed by atoms with Gasteiger partial charge < -0.3 is 10.2 Å². The lowest BCUT2D eigenvalue weighted by molar-refractivity contribution is -0.120. The maximum Gasteiger partial charge on any atom is 0.240 e. The molecule has 0 unspecified atom stereocenters. The highest BCUT2D eigenvalue weighted by atomic mass is 32.2. The maximum atomic E-state index is 12.6. The van der Waals surface area contributed by atoms with Crippen molar-refractivity contribution in [2.45, 2.75) is 51.0 Å². The van der Waals surface area contributed by atoms with Gasteiger partial charge in [-0.25, -0.2) is 8.42 Å². The molecule has 27 heavy (non-hydrogen) atoms. The van der Waals surface area contributed by atoms with Gasteiger partial charge in [-0.3, -0.25) is 9.10 Å². The molecule has 0 radical (unpaired) electrons. The molecule has 0 heterocycles. The van der Waals surface area contributed by atoms with E-state index in [9.17, 15) is 13.2 Å². The van der Waals surface area contributed by atoms with Gasteiger partial charge in [0.15, 0.2) is 0 Å². The zero-order valence-corrected chi connectivity index (χ0v) is 17.8. The van der Waals surface area contributed by atoms with Crippen LogP contribution in [-0.4, -0.2) is 58.2 Å². The number of sulfonamides is 1. The van der Waals surface area contributed by atoms with E-state index in [-0.39, 0.29) is 18.0 Å². The second kappa shape index (κ2) is 9.06. The van der Waals surface area contributed by atoms with Gasteiger partial charge >= 0.3 is 0 Å². The van der Waals surface area contributed by atoms with E-state index in [1.54, 1.807) is 12.1 Å². The maximum absolute atomic E-state index is 12.6. The van der Waals surface area contributed by atoms with Crippen LogP contribution < -0.4 is 9.62 Å². The molecule has 1 aromatic rings. The number of likely N-dealkylation sites (N-methyl/N-ethyl adjacent to an activating group) is 1. The summed E-state index contributed by atoms with van der Waals surface area (Å²) in [6, 6.07) is 7.21. The van der Waals surface area contributed by atoms with Crippen LogP contribution in [0, 0.1) is 6.92 Å². The molecular formula is C20H33N3O3S. The topological polar surface area (TPSA) is 69.7 Å². The number of benzene rings is 1. The minimum absolute atomic E-state index is 0.0508. The molecular weight excluding hydrogens is 362 g/mol. The zero-order valence-electron chi connectivity index (χ0n) is 17.0. The van der Waals surface area contributed by atoms with Crippen molar-refractivity contribution in [3.05, 3.63) is 29.8 Å². The quantitative estimate of drug-likeness (QED) is 0.721. The number of rotatable bonds is 7. The second-order valence-electron chi connectivity index (χ2n) is 7.87. The summed E-state index contributed by atoms with van der Waals surface area (Å²) in [6.07, 6.45) is 8.03. The predicted molar refractivity (Wildman–Crippen MR) is 110 cm³/mol. The van der Waals surface area contributed by atoms with Gasteiger partial charge in [-0.2, -0.15) is 0 Å². The van der Waals surface area contributed by atoms with E-state index in [1.807, 2.05) is 19.1 Å². The van der Waals surface area contributed by atoms with Crippen molar-refractivity contribution in [1.82, 2.24) is 10.2 Å². The lowest BCUT2D eigenvalue weighted by Crippen LogP contribution is -2.53. The first-order valence-electron chi connectivity index (χ1n) is 9.63. The molecule has 1 amide bonds. The minimum Gasteiger partial charge on any atom is -0.353 e. The van der Waals surface area contributed by atoms with Gasteiger partial charge in [0, 0.05) is 12.1 Å². The summed E-state index contributed by atoms with van der Waals surface area (Å²) in [5, 5.41) is 3.01. The molecule has 6 nitrogen and oxygen atoms in total. The molecule has 7 heteroatoms. The third-order valence-corrected chi connectivity index (χ3v) is 6.80. The van der Waals surface area contributed by atoms with Gasteiger partial charge in [0.25, 0.3) is 0 Å². The Morgan fingerprint density at radius 2 is 1.70 bits per heavy atom. The van der Waals surface area contributed by atoms with Crippen LogP contribution in [0.5, 0.6) is 0 Å². The molecule has 0 aromatic heterocycles. The molecule has 2 rings (SSSR count). The highest BCUT2D eigenvalue weighted by Crippen LogP contribution is 2.30. The lowest BCUT2D eigenvalue weighted by Gasteiger charge is -2.40. The Hall–Kier alpha value is -1.60. The van der Waals surface area contributed by atoms with Crippen LogP contribution in [0.15, 0.2) is 24.3 Å². The van der Waals surface area contributed by atoms with E-state index in [0.29, 0.717) is 12.2 Å². The molecule has 152 valence electrons. The molecule has 1 saturated carbocycles. The number of anilines is 1. The molecule has 1 fully saturated rings. The zero-order chi connectivity index (χ0) is 20.1. The van der Waals surface area contributed by atoms with Crippen LogP contribution in [0.1, 0.15) is 44.1 Å². The van der Waals surface area contributed by atoms with Crippen LogP contribution in [0.4, 0.5) is 5.69 Å². The Morgan fingerprint density at radius 3 is 2.22 bits per heavy atom. The van der Waals surface area contributed by atoms with E-state index >= 15 is 0 Å². The van der Waals surface area contributed by atoms with Crippen LogP contribution >= 0.6 is 0 Å². The normalized spacial score (nSPS) is 17.4. The summed E-state index contributed by atoms with van der Waals surface area (Å²) >= 11 is 0. The van der Waals surface area contributed by atoms with Gasteiger partial charge in [0.1, 0.15) is 6.54 Å². The SMILES string of the molecule is Cc1ccccc1N(CC(=O)NCC1(N(C)C)CCCCCC1)S(C)(=O)=O. The number of para-hydroxylation sites is 1. The molecule has 0 aliphatic heterocycles. The fourth-order valence-corrected chi connectivity index (χ4v) is 4.76. The highest BCUT2D eigenvalue weighted by molar-refractivity contribution is 7.92. The van der Waals surface area contributed by atoms with Crippen molar-refractivity contribution in [2.24, 2.45) is 0 Å². The molecule has 1 aliphatic carbocycles. The van der Waals surface area contributed by atoms with Crippen molar-refractivity contribution in [1.29, 1.82) is 0 Å². The Bertz CT molecular complexity index is 739. The standard InChI is InChI=1S/C20H33N3O3S/c1-17-11-7-8-12-18(17)23(27(4,25)26)15-19(24)21-16-20(22(2)3)13-9-5-6-10-14-20/h7-8,11-12H,5-6,9-10,13-16H2,1-4H3,(H,21,24). The summed E-state index contributed by atoms with van der Waals surface area (Å²) in [6.45, 7) is 2.19. The van der Waals surface area contributed by atoms with E-state index in [4.69, 9.17) is 0 Å². The van der Waals surface area contributed by atoms with Crippen molar-refractivity contribution in [3.8, 4) is 0 Å². The van der Waals surface area contributed by atoms with Gasteiger partial charge in [0.2, 0.25) is 15.9 Å². The average molecular weight is 396 g/mol. The van der Waals surface area contributed by atoms with E-state index in [2.05, 4.69) is 24.3 Å². The van der Waals surface area contributed by atoms with Gasteiger partial charge in [-0.05, 0) is 45.5 Å². The van der Waals surface area contributed by atoms with Crippen molar-refractivity contribution in [3.63, 3.8) is 0 Å². The Morgan fingerprint density at radius 1 is 1.11 bits per heavy atom. The van der Waals surface area contributed by atoms with E-state index in [0.717, 1.165) is 37.5 Å². The fourth-order valence-electron chi connectivity index (χ4n) is 3.84. The van der Waals surface area contributed by atoms with Crippen molar-refractivity contribution < 1.29 is 13.2 Å². The first-order chi connectivity index (χ1) is 12.7. The van der Waals surface area contributed by atoms with E-state index < -0.39 is 10.0 Å². The Kier molecular flexibility index (Phi) is 7.28. The Labute approximate surface area is 164 Å². The third-order valence-electron chi connectivity index (χ3n) is 5.67. The van der Waals surface area contributed by atoms with Gasteiger partial charge in [0.05, 0.1) is 11.9 Å². The number of aryl methyl sites for hydroxylation is 1. The third kappa shape index (κ3) is 5.69. The second-order valence-corrected chi connectivity index (χ2v) is 9.77. The van der Waals surface area contributed by atoms with Crippen molar-refractivity contribution in [2.75, 3.05) is 37.7 Å². The van der Waals surface area contributed by atoms with Crippen LogP contribution in [0.3, 0.4) is 0 Å². The smallest absolute Gasteiger partial charge is 0.240 e. The minimum atomic E-state index is -3.55. The van der Waals surface area contributed by atoms with Crippen LogP contribution in [0.2, 0.25) is 0 Å². The highest BCUT2D eigenvalue weighted by Gasteiger charge is 2.34. The Balaban J connectivity index is 2.10. The molecule has 1 aliphatic rings. The summed E-state index contributed by atoms with van der Waals surface area (Å²) in [7, 11) is 0.572. The average Bonchev–Trinajstić information content (AvgIpc) is 2.84. The molecule has 0 atom stereocenters. The number of carbonyl (C=O) groups is 1. The van der Waals surface area contributed by atoms with Crippen LogP contribution in [0.25, 0.3) is 0 Å². The summed E-state index contributed by atoms with van der Waals surface area (Å²) in [5.74, 6) is -0.269. The molecule has 0 spiro atoms. The predicted octanol–water partition coefficient (Wildman–Crippen LogP) is 2.53. The number of amides is 1. The first kappa shape index (κ1) is 21.7. The molecule has 1 N–H and O–H groups in total. The number of nitrogens with one attached hydrogen (secondary N) is 1. The molecule has 0 bridgehead atoms. The van der Waals surface area contributed by atoms with Gasteiger partial charge in [-0.1, -0.05) is 43.9 Å². The largest absolute Gasteiger partial charge is 0.353 e. The van der Waals surface area contributed by atoms with Gasteiger partial charge in [-0.15, -0.1) is 0 Å². The summed E-state index contributed by atoms with van der Waals surface area (Å²) < 4.78 is 25.7. The number of hydrogen-bond donors (Lipinski definition) is 1. The first-order valence-corrected chi connectivity index (χ1v) is 11.5. The monoisotopic (exact) mass is 395 g/mol. The van der Waals surface area contributed by atoms with E-state index in [1.165, 1.54) is 17.1 Å². The van der Waals surface area contributed by atoms with Crippen molar-refractivity contribution >= 4 is 21.6 Å². The molecule has 1 aromatic carbocycles. The fraction of sp³-hybridized carbons (Fsp3) is 0.650. The summed E-state index contributed by atoms with van der Waals surface area (Å²) in [5.41, 5.74) is 1.32. The number of hydrogen-bond acceptors (Lipinski definition) is 4. The number of carbonyl (C=O) groups excluding carboxylic acids is 1. The van der Waals surface area contributed by atoms with Crippen LogP contribution in [-0.2, 0) is 14.8 Å². The number of nitrogens with zero attached hydrogens (tertiary/aromatic N) is 2. The lowest BCUT2D eigenvalue weighted by atomic mass is 9.88.